The second-order valence-electron chi connectivity index (χ2n) is 4.71. The van der Waals surface area contributed by atoms with E-state index in [1.807, 2.05) is 26.0 Å². The fourth-order valence-electron chi connectivity index (χ4n) is 2.40. The van der Waals surface area contributed by atoms with E-state index >= 15 is 0 Å². The van der Waals surface area contributed by atoms with Gasteiger partial charge in [0.15, 0.2) is 0 Å². The van der Waals surface area contributed by atoms with Gasteiger partial charge in [-0.1, -0.05) is 0 Å². The first-order valence-corrected chi connectivity index (χ1v) is 5.98. The van der Waals surface area contributed by atoms with Crippen LogP contribution in [0, 0.1) is 25.2 Å². The Kier molecular flexibility index (Phi) is 3.35. The monoisotopic (exact) mass is 231 g/mol. The maximum absolute atomic E-state index is 9.76. The highest BCUT2D eigenvalue weighted by molar-refractivity contribution is 5.47. The molecule has 2 atom stereocenters. The molecule has 2 rings (SSSR count). The van der Waals surface area contributed by atoms with Gasteiger partial charge in [0.1, 0.15) is 11.9 Å². The standard InChI is InChI=1S/C14H17NO2/c1-9-6-11(8-15)7-10(2)14(9)17-13-5-3-4-12(13)16/h6-7,12-13,16H,3-5H2,1-2H3. The topological polar surface area (TPSA) is 53.2 Å². The minimum Gasteiger partial charge on any atom is -0.487 e. The molecule has 1 fully saturated rings. The maximum atomic E-state index is 9.76. The fourth-order valence-corrected chi connectivity index (χ4v) is 2.40. The number of aliphatic hydroxyl groups excluding tert-OH is 1. The Morgan fingerprint density at radius 2 is 1.94 bits per heavy atom. The summed E-state index contributed by atoms with van der Waals surface area (Å²) in [6.07, 6.45) is 2.28. The van der Waals surface area contributed by atoms with Gasteiger partial charge in [0.05, 0.1) is 17.7 Å². The molecule has 1 saturated carbocycles. The van der Waals surface area contributed by atoms with Gasteiger partial charge in [0.2, 0.25) is 0 Å². The third-order valence-electron chi connectivity index (χ3n) is 3.28. The second-order valence-corrected chi connectivity index (χ2v) is 4.71. The number of nitriles is 1. The maximum Gasteiger partial charge on any atom is 0.125 e. The summed E-state index contributed by atoms with van der Waals surface area (Å²) in [7, 11) is 0. The van der Waals surface area contributed by atoms with Crippen molar-refractivity contribution in [2.75, 3.05) is 0 Å². The molecule has 1 aliphatic rings. The minimum absolute atomic E-state index is 0.0969. The number of hydrogen-bond donors (Lipinski definition) is 1. The van der Waals surface area contributed by atoms with Crippen LogP contribution in [0.5, 0.6) is 5.75 Å². The van der Waals surface area contributed by atoms with Gasteiger partial charge >= 0.3 is 0 Å². The lowest BCUT2D eigenvalue weighted by Gasteiger charge is -2.20. The van der Waals surface area contributed by atoms with Crippen molar-refractivity contribution in [2.24, 2.45) is 0 Å². The van der Waals surface area contributed by atoms with E-state index < -0.39 is 0 Å². The van der Waals surface area contributed by atoms with Crippen LogP contribution in [-0.4, -0.2) is 17.3 Å². The molecule has 3 nitrogen and oxygen atoms in total. The van der Waals surface area contributed by atoms with E-state index in [2.05, 4.69) is 6.07 Å². The van der Waals surface area contributed by atoms with Gasteiger partial charge in [-0.3, -0.25) is 0 Å². The van der Waals surface area contributed by atoms with Crippen molar-refractivity contribution >= 4 is 0 Å². The first-order valence-electron chi connectivity index (χ1n) is 5.98. The zero-order valence-electron chi connectivity index (χ0n) is 10.2. The predicted octanol–water partition coefficient (Wildman–Crippen LogP) is 2.47. The van der Waals surface area contributed by atoms with Crippen molar-refractivity contribution in [1.29, 1.82) is 5.26 Å². The normalized spacial score (nSPS) is 23.4. The summed E-state index contributed by atoms with van der Waals surface area (Å²) < 4.78 is 5.89. The van der Waals surface area contributed by atoms with Crippen molar-refractivity contribution in [3.05, 3.63) is 28.8 Å². The van der Waals surface area contributed by atoms with E-state index in [0.717, 1.165) is 36.1 Å². The summed E-state index contributed by atoms with van der Waals surface area (Å²) in [6, 6.07) is 5.78. The molecule has 0 aromatic heterocycles. The highest BCUT2D eigenvalue weighted by atomic mass is 16.5. The summed E-state index contributed by atoms with van der Waals surface area (Å²) in [5, 5.41) is 18.6. The number of nitrogens with zero attached hydrogens (tertiary/aromatic N) is 1. The molecule has 0 spiro atoms. The molecule has 17 heavy (non-hydrogen) atoms. The van der Waals surface area contributed by atoms with E-state index in [4.69, 9.17) is 10.00 Å². The molecule has 2 unspecified atom stereocenters. The molecule has 1 aliphatic carbocycles. The Bertz CT molecular complexity index is 439. The Balaban J connectivity index is 2.24. The zero-order chi connectivity index (χ0) is 12.4. The molecule has 1 aromatic rings. The van der Waals surface area contributed by atoms with Crippen molar-refractivity contribution in [2.45, 2.75) is 45.3 Å². The summed E-state index contributed by atoms with van der Waals surface area (Å²) in [4.78, 5) is 0. The summed E-state index contributed by atoms with van der Waals surface area (Å²) in [6.45, 7) is 3.87. The summed E-state index contributed by atoms with van der Waals surface area (Å²) in [5.41, 5.74) is 2.57. The van der Waals surface area contributed by atoms with Crippen molar-refractivity contribution < 1.29 is 9.84 Å². The molecular formula is C14H17NO2. The van der Waals surface area contributed by atoms with Crippen LogP contribution >= 0.6 is 0 Å². The summed E-state index contributed by atoms with van der Waals surface area (Å²) in [5.74, 6) is 0.815. The van der Waals surface area contributed by atoms with Gasteiger partial charge in [0, 0.05) is 0 Å². The lowest BCUT2D eigenvalue weighted by atomic mass is 10.1. The van der Waals surface area contributed by atoms with Crippen molar-refractivity contribution in [3.63, 3.8) is 0 Å². The molecule has 1 N–H and O–H groups in total. The fraction of sp³-hybridized carbons (Fsp3) is 0.500. The summed E-state index contributed by atoms with van der Waals surface area (Å²) >= 11 is 0. The van der Waals surface area contributed by atoms with E-state index in [1.165, 1.54) is 0 Å². The SMILES string of the molecule is Cc1cc(C#N)cc(C)c1OC1CCCC1O. The number of rotatable bonds is 2. The van der Waals surface area contributed by atoms with Gasteiger partial charge in [-0.15, -0.1) is 0 Å². The Labute approximate surface area is 102 Å². The Morgan fingerprint density at radius 1 is 1.29 bits per heavy atom. The lowest BCUT2D eigenvalue weighted by molar-refractivity contribution is 0.0595. The van der Waals surface area contributed by atoms with Gasteiger partial charge in [0.25, 0.3) is 0 Å². The molecule has 0 amide bonds. The Morgan fingerprint density at radius 3 is 2.41 bits per heavy atom. The van der Waals surface area contributed by atoms with Crippen LogP contribution in [0.1, 0.15) is 36.0 Å². The van der Waals surface area contributed by atoms with Crippen molar-refractivity contribution in [1.82, 2.24) is 0 Å². The number of aryl methyl sites for hydroxylation is 2. The molecule has 0 saturated heterocycles. The van der Waals surface area contributed by atoms with Gasteiger partial charge < -0.3 is 9.84 Å². The van der Waals surface area contributed by atoms with E-state index in [-0.39, 0.29) is 12.2 Å². The molecule has 3 heteroatoms. The molecule has 0 heterocycles. The van der Waals surface area contributed by atoms with Crippen LogP contribution in [0.25, 0.3) is 0 Å². The largest absolute Gasteiger partial charge is 0.487 e. The van der Waals surface area contributed by atoms with E-state index in [1.54, 1.807) is 0 Å². The van der Waals surface area contributed by atoms with Crippen LogP contribution in [0.2, 0.25) is 0 Å². The zero-order valence-corrected chi connectivity index (χ0v) is 10.2. The second kappa shape index (κ2) is 4.77. The number of aliphatic hydroxyl groups is 1. The van der Waals surface area contributed by atoms with E-state index in [9.17, 15) is 5.11 Å². The van der Waals surface area contributed by atoms with Gasteiger partial charge in [-0.25, -0.2) is 0 Å². The molecule has 90 valence electrons. The third kappa shape index (κ3) is 2.42. The lowest BCUT2D eigenvalue weighted by Crippen LogP contribution is -2.26. The predicted molar refractivity (Wildman–Crippen MR) is 64.9 cm³/mol. The smallest absolute Gasteiger partial charge is 0.125 e. The molecule has 0 bridgehead atoms. The Hall–Kier alpha value is -1.53. The number of hydrogen-bond acceptors (Lipinski definition) is 3. The molecule has 0 radical (unpaired) electrons. The van der Waals surface area contributed by atoms with Crippen LogP contribution < -0.4 is 4.74 Å². The van der Waals surface area contributed by atoms with Crippen molar-refractivity contribution in [3.8, 4) is 11.8 Å². The van der Waals surface area contributed by atoms with E-state index in [0.29, 0.717) is 5.56 Å². The molecule has 0 aliphatic heterocycles. The first-order chi connectivity index (χ1) is 8.11. The van der Waals surface area contributed by atoms with Crippen LogP contribution in [0.4, 0.5) is 0 Å². The molecule has 1 aromatic carbocycles. The molecular weight excluding hydrogens is 214 g/mol. The van der Waals surface area contributed by atoms with Crippen LogP contribution in [0.3, 0.4) is 0 Å². The highest BCUT2D eigenvalue weighted by Gasteiger charge is 2.27. The number of benzene rings is 1. The average Bonchev–Trinajstić information content (AvgIpc) is 2.69. The van der Waals surface area contributed by atoms with Crippen LogP contribution in [0.15, 0.2) is 12.1 Å². The quantitative estimate of drug-likeness (QED) is 0.850. The highest BCUT2D eigenvalue weighted by Crippen LogP contribution is 2.30. The van der Waals surface area contributed by atoms with Gasteiger partial charge in [-0.05, 0) is 56.4 Å². The van der Waals surface area contributed by atoms with Crippen LogP contribution in [-0.2, 0) is 0 Å². The first kappa shape index (κ1) is 11.9. The minimum atomic E-state index is -0.357. The average molecular weight is 231 g/mol. The third-order valence-corrected chi connectivity index (χ3v) is 3.28. The van der Waals surface area contributed by atoms with Gasteiger partial charge in [-0.2, -0.15) is 5.26 Å². The number of ether oxygens (including phenoxy) is 1.